The summed E-state index contributed by atoms with van der Waals surface area (Å²) in [5.74, 6) is 0.549. The molecule has 1 aliphatic heterocycles. The van der Waals surface area contributed by atoms with Gasteiger partial charge in [0.15, 0.2) is 0 Å². The second kappa shape index (κ2) is 9.85. The minimum absolute atomic E-state index is 0.108. The molecule has 1 fully saturated rings. The standard InChI is InChI=1S/C21H26N4O3/c1-28-19-7-3-2-6-17(19)15-25-12-11-24-21(27)18(25)13-20(26)23-10-8-16-5-4-9-22-14-16/h2-7,9,14,18H,8,10-13,15H2,1H3,(H,23,26)(H,24,27)/t18-/m1/s1. The Morgan fingerprint density at radius 1 is 1.32 bits per heavy atom. The molecule has 1 saturated heterocycles. The lowest BCUT2D eigenvalue weighted by Crippen LogP contribution is -2.56. The van der Waals surface area contributed by atoms with Gasteiger partial charge in [-0.15, -0.1) is 0 Å². The first kappa shape index (κ1) is 19.8. The van der Waals surface area contributed by atoms with Crippen LogP contribution in [0, 0.1) is 0 Å². The molecular weight excluding hydrogens is 356 g/mol. The van der Waals surface area contributed by atoms with Gasteiger partial charge in [-0.25, -0.2) is 0 Å². The molecule has 2 amide bonds. The van der Waals surface area contributed by atoms with Crippen LogP contribution in [-0.4, -0.2) is 54.5 Å². The number of para-hydroxylation sites is 1. The zero-order valence-electron chi connectivity index (χ0n) is 16.1. The van der Waals surface area contributed by atoms with E-state index in [0.717, 1.165) is 16.9 Å². The van der Waals surface area contributed by atoms with E-state index in [9.17, 15) is 9.59 Å². The number of aromatic nitrogens is 1. The van der Waals surface area contributed by atoms with Gasteiger partial charge < -0.3 is 15.4 Å². The fourth-order valence-corrected chi connectivity index (χ4v) is 3.37. The highest BCUT2D eigenvalue weighted by Crippen LogP contribution is 2.21. The summed E-state index contributed by atoms with van der Waals surface area (Å²) in [6.07, 6.45) is 4.35. The highest BCUT2D eigenvalue weighted by atomic mass is 16.5. The van der Waals surface area contributed by atoms with Crippen LogP contribution in [0.25, 0.3) is 0 Å². The Balaban J connectivity index is 1.57. The molecule has 7 nitrogen and oxygen atoms in total. The number of nitrogens with zero attached hydrogens (tertiary/aromatic N) is 2. The first-order valence-electron chi connectivity index (χ1n) is 9.46. The van der Waals surface area contributed by atoms with Gasteiger partial charge in [0, 0.05) is 44.1 Å². The van der Waals surface area contributed by atoms with E-state index >= 15 is 0 Å². The van der Waals surface area contributed by atoms with Crippen molar-refractivity contribution < 1.29 is 14.3 Å². The van der Waals surface area contributed by atoms with E-state index in [1.807, 2.05) is 41.3 Å². The van der Waals surface area contributed by atoms with E-state index in [0.29, 0.717) is 32.6 Å². The third kappa shape index (κ3) is 5.29. The van der Waals surface area contributed by atoms with E-state index in [1.54, 1.807) is 19.5 Å². The predicted octanol–water partition coefficient (Wildman–Crippen LogP) is 1.14. The van der Waals surface area contributed by atoms with E-state index in [4.69, 9.17) is 4.74 Å². The summed E-state index contributed by atoms with van der Waals surface area (Å²) in [6.45, 7) is 2.35. The SMILES string of the molecule is COc1ccccc1CN1CCNC(=O)[C@H]1CC(=O)NCCc1cccnc1. The van der Waals surface area contributed by atoms with Crippen LogP contribution < -0.4 is 15.4 Å². The molecule has 0 radical (unpaired) electrons. The summed E-state index contributed by atoms with van der Waals surface area (Å²) in [5.41, 5.74) is 2.07. The van der Waals surface area contributed by atoms with Crippen molar-refractivity contribution in [2.45, 2.75) is 25.4 Å². The number of amides is 2. The number of hydrogen-bond acceptors (Lipinski definition) is 5. The third-order valence-corrected chi connectivity index (χ3v) is 4.85. The number of hydrogen-bond donors (Lipinski definition) is 2. The quantitative estimate of drug-likeness (QED) is 0.715. The number of carbonyl (C=O) groups is 2. The molecule has 0 unspecified atom stereocenters. The van der Waals surface area contributed by atoms with Crippen LogP contribution in [0.4, 0.5) is 0 Å². The number of piperazine rings is 1. The molecule has 3 rings (SSSR count). The van der Waals surface area contributed by atoms with Gasteiger partial charge in [0.25, 0.3) is 0 Å². The molecule has 0 saturated carbocycles. The predicted molar refractivity (Wildman–Crippen MR) is 106 cm³/mol. The molecule has 2 heterocycles. The highest BCUT2D eigenvalue weighted by Gasteiger charge is 2.31. The molecule has 0 bridgehead atoms. The first-order valence-corrected chi connectivity index (χ1v) is 9.46. The molecule has 1 aromatic carbocycles. The average Bonchev–Trinajstić information content (AvgIpc) is 2.72. The van der Waals surface area contributed by atoms with Crippen molar-refractivity contribution in [1.29, 1.82) is 0 Å². The topological polar surface area (TPSA) is 83.6 Å². The molecule has 0 aliphatic carbocycles. The zero-order valence-corrected chi connectivity index (χ0v) is 16.1. The molecule has 2 N–H and O–H groups in total. The number of carbonyl (C=O) groups excluding carboxylic acids is 2. The Morgan fingerprint density at radius 2 is 2.18 bits per heavy atom. The number of benzene rings is 1. The van der Waals surface area contributed by atoms with Crippen LogP contribution in [0.15, 0.2) is 48.8 Å². The van der Waals surface area contributed by atoms with Crippen LogP contribution in [0.1, 0.15) is 17.5 Å². The highest BCUT2D eigenvalue weighted by molar-refractivity contribution is 5.88. The first-order chi connectivity index (χ1) is 13.7. The minimum Gasteiger partial charge on any atom is -0.496 e. The van der Waals surface area contributed by atoms with Crippen molar-refractivity contribution in [1.82, 2.24) is 20.5 Å². The maximum absolute atomic E-state index is 12.4. The normalized spacial score (nSPS) is 17.0. The third-order valence-electron chi connectivity index (χ3n) is 4.85. The summed E-state index contributed by atoms with van der Waals surface area (Å²) in [4.78, 5) is 30.9. The van der Waals surface area contributed by atoms with Gasteiger partial charge in [0.1, 0.15) is 5.75 Å². The maximum atomic E-state index is 12.4. The smallest absolute Gasteiger partial charge is 0.237 e. The Bertz CT molecular complexity index is 797. The zero-order chi connectivity index (χ0) is 19.8. The molecule has 0 spiro atoms. The van der Waals surface area contributed by atoms with Gasteiger partial charge in [-0.05, 0) is 24.1 Å². The van der Waals surface area contributed by atoms with Gasteiger partial charge in [-0.1, -0.05) is 24.3 Å². The van der Waals surface area contributed by atoms with E-state index < -0.39 is 6.04 Å². The van der Waals surface area contributed by atoms with Crippen molar-refractivity contribution in [2.75, 3.05) is 26.7 Å². The summed E-state index contributed by atoms with van der Waals surface area (Å²) in [7, 11) is 1.63. The van der Waals surface area contributed by atoms with Gasteiger partial charge in [0.2, 0.25) is 11.8 Å². The number of pyridine rings is 1. The lowest BCUT2D eigenvalue weighted by molar-refractivity contribution is -0.134. The van der Waals surface area contributed by atoms with Crippen LogP contribution >= 0.6 is 0 Å². The van der Waals surface area contributed by atoms with Crippen LogP contribution in [0.5, 0.6) is 5.75 Å². The number of rotatable bonds is 8. The van der Waals surface area contributed by atoms with Gasteiger partial charge in [-0.2, -0.15) is 0 Å². The Morgan fingerprint density at radius 3 is 2.96 bits per heavy atom. The molecule has 1 aliphatic rings. The second-order valence-corrected chi connectivity index (χ2v) is 6.75. The summed E-state index contributed by atoms with van der Waals surface area (Å²) < 4.78 is 5.41. The maximum Gasteiger partial charge on any atom is 0.237 e. The van der Waals surface area contributed by atoms with Crippen molar-refractivity contribution in [3.63, 3.8) is 0 Å². The lowest BCUT2D eigenvalue weighted by atomic mass is 10.1. The van der Waals surface area contributed by atoms with Gasteiger partial charge in [-0.3, -0.25) is 19.5 Å². The summed E-state index contributed by atoms with van der Waals surface area (Å²) in [6, 6.07) is 11.1. The van der Waals surface area contributed by atoms with Gasteiger partial charge >= 0.3 is 0 Å². The van der Waals surface area contributed by atoms with Crippen LogP contribution in [0.3, 0.4) is 0 Å². The van der Waals surface area contributed by atoms with Crippen LogP contribution in [-0.2, 0) is 22.6 Å². The Labute approximate surface area is 165 Å². The monoisotopic (exact) mass is 382 g/mol. The lowest BCUT2D eigenvalue weighted by Gasteiger charge is -2.35. The molecule has 7 heteroatoms. The molecule has 1 aromatic heterocycles. The van der Waals surface area contributed by atoms with Crippen molar-refractivity contribution in [3.8, 4) is 5.75 Å². The fraction of sp³-hybridized carbons (Fsp3) is 0.381. The molecule has 1 atom stereocenters. The second-order valence-electron chi connectivity index (χ2n) is 6.75. The largest absolute Gasteiger partial charge is 0.496 e. The summed E-state index contributed by atoms with van der Waals surface area (Å²) in [5, 5.41) is 5.77. The Hall–Kier alpha value is -2.93. The van der Waals surface area contributed by atoms with E-state index in [2.05, 4.69) is 15.6 Å². The Kier molecular flexibility index (Phi) is 6.97. The number of nitrogens with one attached hydrogen (secondary N) is 2. The van der Waals surface area contributed by atoms with Gasteiger partial charge in [0.05, 0.1) is 19.6 Å². The number of methoxy groups -OCH3 is 1. The van der Waals surface area contributed by atoms with E-state index in [-0.39, 0.29) is 18.2 Å². The molecule has 28 heavy (non-hydrogen) atoms. The summed E-state index contributed by atoms with van der Waals surface area (Å²) >= 11 is 0. The van der Waals surface area contributed by atoms with Crippen molar-refractivity contribution in [3.05, 3.63) is 59.9 Å². The fourth-order valence-electron chi connectivity index (χ4n) is 3.37. The van der Waals surface area contributed by atoms with Crippen molar-refractivity contribution >= 4 is 11.8 Å². The molecular formula is C21H26N4O3. The molecule has 148 valence electrons. The molecule has 2 aromatic rings. The van der Waals surface area contributed by atoms with Crippen molar-refractivity contribution in [2.24, 2.45) is 0 Å². The van der Waals surface area contributed by atoms with E-state index in [1.165, 1.54) is 0 Å². The van der Waals surface area contributed by atoms with Crippen LogP contribution in [0.2, 0.25) is 0 Å². The number of ether oxygens (including phenoxy) is 1. The average molecular weight is 382 g/mol. The minimum atomic E-state index is -0.489.